The van der Waals surface area contributed by atoms with E-state index >= 15 is 0 Å². The summed E-state index contributed by atoms with van der Waals surface area (Å²) in [6.07, 6.45) is 1.43. The maximum Gasteiger partial charge on any atom is 0.222 e. The van der Waals surface area contributed by atoms with Crippen LogP contribution in [0.5, 0.6) is 0 Å². The number of carbonyl (C=O) groups excluding carboxylic acids is 2. The molecule has 0 aromatic carbocycles. The highest BCUT2D eigenvalue weighted by atomic mass is 16.2. The maximum atomic E-state index is 11.4. The SMILES string of the molecule is CCC(=O)N(CCC(C)C)CC(C)=O. The summed E-state index contributed by atoms with van der Waals surface area (Å²) >= 11 is 0. The Bertz CT molecular complexity index is 199. The van der Waals surface area contributed by atoms with Crippen LogP contribution in [0, 0.1) is 5.92 Å². The van der Waals surface area contributed by atoms with E-state index in [1.807, 2.05) is 6.92 Å². The van der Waals surface area contributed by atoms with Crippen molar-refractivity contribution >= 4 is 11.7 Å². The molecule has 0 saturated carbocycles. The standard InChI is InChI=1S/C11H21NO2/c1-5-11(14)12(8-10(4)13)7-6-9(2)3/h9H,5-8H2,1-4H3. The second-order valence-electron chi connectivity index (χ2n) is 4.05. The summed E-state index contributed by atoms with van der Waals surface area (Å²) in [5.74, 6) is 0.686. The van der Waals surface area contributed by atoms with Crippen LogP contribution in [-0.4, -0.2) is 29.7 Å². The third kappa shape index (κ3) is 5.73. The average Bonchev–Trinajstić information content (AvgIpc) is 2.10. The molecule has 3 nitrogen and oxygen atoms in total. The highest BCUT2D eigenvalue weighted by molar-refractivity contribution is 5.84. The second kappa shape index (κ2) is 6.57. The zero-order valence-electron chi connectivity index (χ0n) is 9.67. The molecule has 0 unspecified atom stereocenters. The molecule has 3 heteroatoms. The predicted molar refractivity (Wildman–Crippen MR) is 57.0 cm³/mol. The first-order valence-electron chi connectivity index (χ1n) is 5.24. The molecule has 0 N–H and O–H groups in total. The van der Waals surface area contributed by atoms with Crippen LogP contribution in [0.2, 0.25) is 0 Å². The average molecular weight is 199 g/mol. The molecular weight excluding hydrogens is 178 g/mol. The summed E-state index contributed by atoms with van der Waals surface area (Å²) in [4.78, 5) is 24.0. The molecule has 0 radical (unpaired) electrons. The van der Waals surface area contributed by atoms with Crippen molar-refractivity contribution in [2.75, 3.05) is 13.1 Å². The zero-order chi connectivity index (χ0) is 11.1. The van der Waals surface area contributed by atoms with E-state index < -0.39 is 0 Å². The Balaban J connectivity index is 4.10. The van der Waals surface area contributed by atoms with Gasteiger partial charge in [-0.3, -0.25) is 9.59 Å². The smallest absolute Gasteiger partial charge is 0.222 e. The minimum Gasteiger partial charge on any atom is -0.335 e. The molecule has 0 heterocycles. The highest BCUT2D eigenvalue weighted by Gasteiger charge is 2.13. The van der Waals surface area contributed by atoms with Crippen LogP contribution >= 0.6 is 0 Å². The van der Waals surface area contributed by atoms with Crippen molar-refractivity contribution in [2.24, 2.45) is 5.92 Å². The van der Waals surface area contributed by atoms with Gasteiger partial charge in [0.2, 0.25) is 5.91 Å². The van der Waals surface area contributed by atoms with Crippen LogP contribution in [0.15, 0.2) is 0 Å². The van der Waals surface area contributed by atoms with Crippen LogP contribution in [0.1, 0.15) is 40.5 Å². The lowest BCUT2D eigenvalue weighted by Gasteiger charge is -2.21. The molecule has 0 aliphatic carbocycles. The number of carbonyl (C=O) groups is 2. The van der Waals surface area contributed by atoms with E-state index in [1.54, 1.807) is 4.90 Å². The van der Waals surface area contributed by atoms with Crippen LogP contribution in [0.3, 0.4) is 0 Å². The molecule has 0 atom stereocenters. The van der Waals surface area contributed by atoms with Gasteiger partial charge in [0.05, 0.1) is 6.54 Å². The first-order valence-corrected chi connectivity index (χ1v) is 5.24. The first kappa shape index (κ1) is 13.1. The molecule has 0 aliphatic rings. The van der Waals surface area contributed by atoms with E-state index in [0.717, 1.165) is 6.42 Å². The van der Waals surface area contributed by atoms with Crippen molar-refractivity contribution in [1.82, 2.24) is 4.90 Å². The quantitative estimate of drug-likeness (QED) is 0.654. The van der Waals surface area contributed by atoms with Crippen molar-refractivity contribution in [1.29, 1.82) is 0 Å². The topological polar surface area (TPSA) is 37.4 Å². The fraction of sp³-hybridized carbons (Fsp3) is 0.818. The van der Waals surface area contributed by atoms with Gasteiger partial charge in [-0.15, -0.1) is 0 Å². The molecule has 14 heavy (non-hydrogen) atoms. The van der Waals surface area contributed by atoms with E-state index in [2.05, 4.69) is 13.8 Å². The van der Waals surface area contributed by atoms with Gasteiger partial charge in [-0.2, -0.15) is 0 Å². The lowest BCUT2D eigenvalue weighted by atomic mass is 10.1. The van der Waals surface area contributed by atoms with Crippen molar-refractivity contribution in [3.8, 4) is 0 Å². The zero-order valence-corrected chi connectivity index (χ0v) is 9.67. The minimum atomic E-state index is 0.0514. The van der Waals surface area contributed by atoms with Crippen molar-refractivity contribution in [2.45, 2.75) is 40.5 Å². The number of ketones is 1. The molecule has 1 amide bonds. The number of Topliss-reactive ketones (excluding diaryl/α,β-unsaturated/α-hetero) is 1. The van der Waals surface area contributed by atoms with Crippen LogP contribution in [-0.2, 0) is 9.59 Å². The molecule has 0 saturated heterocycles. The van der Waals surface area contributed by atoms with E-state index in [4.69, 9.17) is 0 Å². The Hall–Kier alpha value is -0.860. The number of hydrogen-bond donors (Lipinski definition) is 0. The number of hydrogen-bond acceptors (Lipinski definition) is 2. The van der Waals surface area contributed by atoms with Gasteiger partial charge in [0, 0.05) is 13.0 Å². The Morgan fingerprint density at radius 2 is 1.86 bits per heavy atom. The van der Waals surface area contributed by atoms with Gasteiger partial charge < -0.3 is 4.90 Å². The normalized spacial score (nSPS) is 10.4. The molecule has 0 spiro atoms. The minimum absolute atomic E-state index is 0.0514. The first-order chi connectivity index (χ1) is 6.47. The Morgan fingerprint density at radius 1 is 1.29 bits per heavy atom. The van der Waals surface area contributed by atoms with Crippen molar-refractivity contribution in [3.63, 3.8) is 0 Å². The monoisotopic (exact) mass is 199 g/mol. The van der Waals surface area contributed by atoms with Gasteiger partial charge in [-0.05, 0) is 19.3 Å². The summed E-state index contributed by atoms with van der Waals surface area (Å²) in [6, 6.07) is 0. The Labute approximate surface area is 86.5 Å². The summed E-state index contributed by atoms with van der Waals surface area (Å²) in [5.41, 5.74) is 0. The lowest BCUT2D eigenvalue weighted by Crippen LogP contribution is -2.35. The molecule has 0 bridgehead atoms. The number of rotatable bonds is 6. The van der Waals surface area contributed by atoms with E-state index in [1.165, 1.54) is 6.92 Å². The summed E-state index contributed by atoms with van der Waals surface area (Å²) in [7, 11) is 0. The summed E-state index contributed by atoms with van der Waals surface area (Å²) < 4.78 is 0. The molecule has 0 aromatic rings. The van der Waals surface area contributed by atoms with E-state index in [-0.39, 0.29) is 18.2 Å². The van der Waals surface area contributed by atoms with Gasteiger partial charge in [-0.25, -0.2) is 0 Å². The Morgan fingerprint density at radius 3 is 2.21 bits per heavy atom. The van der Waals surface area contributed by atoms with Gasteiger partial charge in [0.15, 0.2) is 0 Å². The van der Waals surface area contributed by atoms with Crippen LogP contribution < -0.4 is 0 Å². The molecule has 82 valence electrons. The molecular formula is C11H21NO2. The summed E-state index contributed by atoms with van der Waals surface area (Å²) in [6.45, 7) is 8.53. The molecule has 0 aliphatic heterocycles. The number of amides is 1. The lowest BCUT2D eigenvalue weighted by molar-refractivity contribution is -0.134. The van der Waals surface area contributed by atoms with E-state index in [0.29, 0.717) is 18.9 Å². The van der Waals surface area contributed by atoms with Gasteiger partial charge in [0.25, 0.3) is 0 Å². The molecule has 0 rings (SSSR count). The fourth-order valence-corrected chi connectivity index (χ4v) is 1.20. The summed E-state index contributed by atoms with van der Waals surface area (Å²) in [5, 5.41) is 0. The maximum absolute atomic E-state index is 11.4. The van der Waals surface area contributed by atoms with Gasteiger partial charge >= 0.3 is 0 Å². The van der Waals surface area contributed by atoms with E-state index in [9.17, 15) is 9.59 Å². The second-order valence-corrected chi connectivity index (χ2v) is 4.05. The predicted octanol–water partition coefficient (Wildman–Crippen LogP) is 1.86. The fourth-order valence-electron chi connectivity index (χ4n) is 1.20. The van der Waals surface area contributed by atoms with Crippen LogP contribution in [0.4, 0.5) is 0 Å². The molecule has 0 aromatic heterocycles. The highest BCUT2D eigenvalue weighted by Crippen LogP contribution is 2.03. The van der Waals surface area contributed by atoms with Crippen molar-refractivity contribution in [3.05, 3.63) is 0 Å². The van der Waals surface area contributed by atoms with Gasteiger partial charge in [0.1, 0.15) is 5.78 Å². The van der Waals surface area contributed by atoms with Crippen molar-refractivity contribution < 1.29 is 9.59 Å². The van der Waals surface area contributed by atoms with Crippen LogP contribution in [0.25, 0.3) is 0 Å². The third-order valence-electron chi connectivity index (χ3n) is 2.05. The molecule has 0 fully saturated rings. The largest absolute Gasteiger partial charge is 0.335 e. The third-order valence-corrected chi connectivity index (χ3v) is 2.05. The Kier molecular flexibility index (Phi) is 6.17. The number of nitrogens with zero attached hydrogens (tertiary/aromatic N) is 1. The van der Waals surface area contributed by atoms with Gasteiger partial charge in [-0.1, -0.05) is 20.8 Å².